The van der Waals surface area contributed by atoms with Gasteiger partial charge in [-0.2, -0.15) is 5.10 Å². The summed E-state index contributed by atoms with van der Waals surface area (Å²) in [6, 6.07) is 8.12. The van der Waals surface area contributed by atoms with Crippen LogP contribution < -0.4 is 0 Å². The van der Waals surface area contributed by atoms with Crippen molar-refractivity contribution < 1.29 is 4.79 Å². The van der Waals surface area contributed by atoms with Gasteiger partial charge in [0.15, 0.2) is 0 Å². The summed E-state index contributed by atoms with van der Waals surface area (Å²) in [5, 5.41) is 7.10. The molecule has 6 heteroatoms. The lowest BCUT2D eigenvalue weighted by Crippen LogP contribution is -2.43. The van der Waals surface area contributed by atoms with E-state index in [0.717, 1.165) is 62.5 Å². The molecule has 0 bridgehead atoms. The highest BCUT2D eigenvalue weighted by Crippen LogP contribution is 2.19. The quantitative estimate of drug-likeness (QED) is 0.917. The fraction of sp³-hybridized carbons (Fsp3) is 0.474. The second-order valence-corrected chi connectivity index (χ2v) is 7.13. The normalized spacial score (nSPS) is 19.0. The fourth-order valence-corrected chi connectivity index (χ4v) is 3.64. The first kappa shape index (κ1) is 16.3. The molecular weight excluding hydrogens is 314 g/mol. The van der Waals surface area contributed by atoms with Crippen LogP contribution in [0.4, 0.5) is 0 Å². The van der Waals surface area contributed by atoms with Crippen LogP contribution in [0.1, 0.15) is 27.2 Å². The highest BCUT2D eigenvalue weighted by atomic mass is 16.2. The molecular formula is C19H25N5O. The Morgan fingerprint density at radius 3 is 2.88 bits per heavy atom. The molecule has 2 aliphatic rings. The number of aromatic amines is 1. The van der Waals surface area contributed by atoms with Crippen LogP contribution in [-0.2, 0) is 19.5 Å². The lowest BCUT2D eigenvalue weighted by atomic mass is 10.1. The Morgan fingerprint density at radius 1 is 1.20 bits per heavy atom. The van der Waals surface area contributed by atoms with Gasteiger partial charge in [-0.05, 0) is 24.7 Å². The van der Waals surface area contributed by atoms with E-state index in [1.807, 2.05) is 23.2 Å². The number of carbonyl (C=O) groups excluding carboxylic acids is 1. The largest absolute Gasteiger partial charge is 0.334 e. The third-order valence-corrected chi connectivity index (χ3v) is 5.26. The van der Waals surface area contributed by atoms with Crippen molar-refractivity contribution in [1.29, 1.82) is 0 Å². The standard InChI is InChI=1S/C19H25N5O/c1-22-7-9-23(10-8-22)13-15-3-2-4-16(11-15)19(25)24-6-5-18-17(14-24)12-20-21-18/h2-4,11-12H,5-10,13-14H2,1H3,(H,20,21). The number of nitrogens with zero attached hydrogens (tertiary/aromatic N) is 4. The average molecular weight is 339 g/mol. The molecule has 132 valence electrons. The third-order valence-electron chi connectivity index (χ3n) is 5.26. The summed E-state index contributed by atoms with van der Waals surface area (Å²) < 4.78 is 0. The van der Waals surface area contributed by atoms with Crippen LogP contribution in [0.5, 0.6) is 0 Å². The summed E-state index contributed by atoms with van der Waals surface area (Å²) >= 11 is 0. The Balaban J connectivity index is 1.43. The van der Waals surface area contributed by atoms with Crippen LogP contribution in [-0.4, -0.2) is 70.6 Å². The van der Waals surface area contributed by atoms with Gasteiger partial charge in [0.2, 0.25) is 0 Å². The number of fused-ring (bicyclic) bond motifs is 1. The molecule has 1 aromatic carbocycles. The highest BCUT2D eigenvalue weighted by molar-refractivity contribution is 5.94. The van der Waals surface area contributed by atoms with E-state index in [1.54, 1.807) is 0 Å². The van der Waals surface area contributed by atoms with Crippen molar-refractivity contribution in [3.05, 3.63) is 52.8 Å². The van der Waals surface area contributed by atoms with E-state index in [1.165, 1.54) is 5.56 Å². The number of hydrogen-bond acceptors (Lipinski definition) is 4. The summed E-state index contributed by atoms with van der Waals surface area (Å²) in [5.74, 6) is 0.118. The molecule has 4 rings (SSSR count). The smallest absolute Gasteiger partial charge is 0.254 e. The molecule has 1 aromatic heterocycles. The number of aromatic nitrogens is 2. The van der Waals surface area contributed by atoms with Crippen LogP contribution in [0.3, 0.4) is 0 Å². The monoisotopic (exact) mass is 339 g/mol. The second-order valence-electron chi connectivity index (χ2n) is 7.13. The zero-order valence-corrected chi connectivity index (χ0v) is 14.7. The number of nitrogens with one attached hydrogen (secondary N) is 1. The number of amides is 1. The highest BCUT2D eigenvalue weighted by Gasteiger charge is 2.23. The topological polar surface area (TPSA) is 55.5 Å². The van der Waals surface area contributed by atoms with E-state index >= 15 is 0 Å². The first-order valence-electron chi connectivity index (χ1n) is 8.99. The second kappa shape index (κ2) is 6.98. The van der Waals surface area contributed by atoms with Gasteiger partial charge in [-0.25, -0.2) is 0 Å². The molecule has 3 heterocycles. The van der Waals surface area contributed by atoms with Gasteiger partial charge in [0.1, 0.15) is 0 Å². The zero-order chi connectivity index (χ0) is 17.2. The average Bonchev–Trinajstić information content (AvgIpc) is 3.11. The van der Waals surface area contributed by atoms with Crippen molar-refractivity contribution in [3.63, 3.8) is 0 Å². The predicted molar refractivity (Wildman–Crippen MR) is 96.2 cm³/mol. The molecule has 1 N–H and O–H groups in total. The van der Waals surface area contributed by atoms with Crippen molar-refractivity contribution in [1.82, 2.24) is 24.9 Å². The lowest BCUT2D eigenvalue weighted by molar-refractivity contribution is 0.0734. The van der Waals surface area contributed by atoms with Gasteiger partial charge in [-0.15, -0.1) is 0 Å². The third kappa shape index (κ3) is 3.60. The molecule has 6 nitrogen and oxygen atoms in total. The molecule has 2 aromatic rings. The van der Waals surface area contributed by atoms with Gasteiger partial charge >= 0.3 is 0 Å². The zero-order valence-electron chi connectivity index (χ0n) is 14.7. The molecule has 25 heavy (non-hydrogen) atoms. The number of carbonyl (C=O) groups is 1. The molecule has 0 saturated carbocycles. The van der Waals surface area contributed by atoms with Gasteiger partial charge in [-0.1, -0.05) is 12.1 Å². The van der Waals surface area contributed by atoms with Gasteiger partial charge in [0, 0.05) is 69.1 Å². The minimum atomic E-state index is 0.118. The molecule has 0 spiro atoms. The maximum absolute atomic E-state index is 12.9. The molecule has 1 saturated heterocycles. The molecule has 2 aliphatic heterocycles. The number of hydrogen-bond donors (Lipinski definition) is 1. The minimum absolute atomic E-state index is 0.118. The summed E-state index contributed by atoms with van der Waals surface area (Å²) in [7, 11) is 2.17. The van der Waals surface area contributed by atoms with Crippen LogP contribution in [0, 0.1) is 0 Å². The maximum atomic E-state index is 12.9. The van der Waals surface area contributed by atoms with Crippen LogP contribution in [0.25, 0.3) is 0 Å². The van der Waals surface area contributed by atoms with E-state index in [4.69, 9.17) is 0 Å². The maximum Gasteiger partial charge on any atom is 0.254 e. The SMILES string of the molecule is CN1CCN(Cc2cccc(C(=O)N3CCc4[nH]ncc4C3)c2)CC1. The number of piperazine rings is 1. The Bertz CT molecular complexity index is 748. The van der Waals surface area contributed by atoms with Crippen molar-refractivity contribution in [2.24, 2.45) is 0 Å². The Morgan fingerprint density at radius 2 is 2.04 bits per heavy atom. The molecule has 0 aliphatic carbocycles. The number of likely N-dealkylation sites (N-methyl/N-ethyl adjacent to an activating group) is 1. The molecule has 1 amide bonds. The van der Waals surface area contributed by atoms with E-state index in [-0.39, 0.29) is 5.91 Å². The molecule has 1 fully saturated rings. The van der Waals surface area contributed by atoms with E-state index in [2.05, 4.69) is 39.2 Å². The number of H-pyrrole nitrogens is 1. The van der Waals surface area contributed by atoms with Gasteiger partial charge in [0.05, 0.1) is 6.20 Å². The van der Waals surface area contributed by atoms with Gasteiger partial charge < -0.3 is 9.80 Å². The van der Waals surface area contributed by atoms with Crippen LogP contribution in [0.15, 0.2) is 30.5 Å². The Hall–Kier alpha value is -2.18. The number of rotatable bonds is 3. The summed E-state index contributed by atoms with van der Waals surface area (Å²) in [6.45, 7) is 6.71. The lowest BCUT2D eigenvalue weighted by Gasteiger charge is -2.32. The first-order valence-corrected chi connectivity index (χ1v) is 8.99. The van der Waals surface area contributed by atoms with Crippen molar-refractivity contribution in [3.8, 4) is 0 Å². The van der Waals surface area contributed by atoms with Crippen molar-refractivity contribution in [2.45, 2.75) is 19.5 Å². The molecule has 0 atom stereocenters. The molecule has 0 radical (unpaired) electrons. The van der Waals surface area contributed by atoms with Gasteiger partial charge in [0.25, 0.3) is 5.91 Å². The summed E-state index contributed by atoms with van der Waals surface area (Å²) in [6.07, 6.45) is 2.68. The van der Waals surface area contributed by atoms with Gasteiger partial charge in [-0.3, -0.25) is 14.8 Å². The van der Waals surface area contributed by atoms with Crippen molar-refractivity contribution >= 4 is 5.91 Å². The predicted octanol–water partition coefficient (Wildman–Crippen LogP) is 1.36. The Kier molecular flexibility index (Phi) is 4.55. The summed E-state index contributed by atoms with van der Waals surface area (Å²) in [5.41, 5.74) is 4.30. The number of benzene rings is 1. The molecule has 0 unspecified atom stereocenters. The van der Waals surface area contributed by atoms with Crippen LogP contribution in [0.2, 0.25) is 0 Å². The Labute approximate surface area is 148 Å². The van der Waals surface area contributed by atoms with E-state index < -0.39 is 0 Å². The van der Waals surface area contributed by atoms with E-state index in [9.17, 15) is 4.79 Å². The minimum Gasteiger partial charge on any atom is -0.334 e. The fourth-order valence-electron chi connectivity index (χ4n) is 3.64. The van der Waals surface area contributed by atoms with Crippen LogP contribution >= 0.6 is 0 Å². The van der Waals surface area contributed by atoms with Crippen molar-refractivity contribution in [2.75, 3.05) is 39.8 Å². The van der Waals surface area contributed by atoms with E-state index in [0.29, 0.717) is 6.54 Å². The first-order chi connectivity index (χ1) is 12.2. The summed E-state index contributed by atoms with van der Waals surface area (Å²) in [4.78, 5) is 19.6.